The van der Waals surface area contributed by atoms with Gasteiger partial charge in [-0.2, -0.15) is 0 Å². The second-order valence-electron chi connectivity index (χ2n) is 7.44. The van der Waals surface area contributed by atoms with Gasteiger partial charge in [-0.1, -0.05) is 23.9 Å². The molecule has 10 nitrogen and oxygen atoms in total. The molecule has 1 aromatic carbocycles. The number of carbonyl (C=O) groups excluding carboxylic acids is 1. The van der Waals surface area contributed by atoms with Gasteiger partial charge < -0.3 is 15.0 Å². The molecule has 0 saturated heterocycles. The number of benzene rings is 1. The third-order valence-corrected chi connectivity index (χ3v) is 6.22. The van der Waals surface area contributed by atoms with Crippen LogP contribution in [-0.2, 0) is 15.3 Å². The Balaban J connectivity index is 1.68. The number of fused-ring (bicyclic) bond motifs is 1. The van der Waals surface area contributed by atoms with E-state index in [1.165, 1.54) is 23.9 Å². The molecule has 0 aliphatic carbocycles. The Kier molecular flexibility index (Phi) is 6.73. The molecule has 4 rings (SSSR count). The van der Waals surface area contributed by atoms with E-state index in [4.69, 9.17) is 4.74 Å². The summed E-state index contributed by atoms with van der Waals surface area (Å²) in [5.41, 5.74) is 2.42. The Morgan fingerprint density at radius 1 is 1.21 bits per heavy atom. The minimum absolute atomic E-state index is 0.0140. The number of nitro groups is 1. The molecule has 2 aromatic heterocycles. The van der Waals surface area contributed by atoms with Crippen LogP contribution in [0.15, 0.2) is 70.0 Å². The van der Waals surface area contributed by atoms with Crippen LogP contribution < -0.4 is 10.9 Å². The highest BCUT2D eigenvalue weighted by Crippen LogP contribution is 2.40. The van der Waals surface area contributed by atoms with E-state index in [1.807, 2.05) is 0 Å². The van der Waals surface area contributed by atoms with Gasteiger partial charge in [-0.25, -0.2) is 9.78 Å². The lowest BCUT2D eigenvalue weighted by Gasteiger charge is -2.28. The van der Waals surface area contributed by atoms with Crippen molar-refractivity contribution in [2.24, 2.45) is 0 Å². The first kappa shape index (κ1) is 23.2. The molecule has 1 unspecified atom stereocenters. The molecule has 3 aromatic rings. The largest absolute Gasteiger partial charge is 0.463 e. The molecule has 0 fully saturated rings. The summed E-state index contributed by atoms with van der Waals surface area (Å²) in [4.78, 5) is 47.8. The second kappa shape index (κ2) is 9.87. The van der Waals surface area contributed by atoms with Crippen LogP contribution in [0.4, 0.5) is 11.5 Å². The van der Waals surface area contributed by atoms with Gasteiger partial charge >= 0.3 is 5.97 Å². The zero-order chi connectivity index (χ0) is 24.2. The van der Waals surface area contributed by atoms with Gasteiger partial charge in [0.25, 0.3) is 11.2 Å². The first-order chi connectivity index (χ1) is 16.4. The Labute approximate surface area is 198 Å². The summed E-state index contributed by atoms with van der Waals surface area (Å²) in [7, 11) is 0. The first-order valence-electron chi connectivity index (χ1n) is 10.4. The summed E-state index contributed by atoms with van der Waals surface area (Å²) >= 11 is 1.29. The fourth-order valence-electron chi connectivity index (χ4n) is 3.73. The molecule has 1 aliphatic rings. The maximum atomic E-state index is 13.2. The molecular formula is C23H21N5O5S. The van der Waals surface area contributed by atoms with Crippen molar-refractivity contribution in [3.05, 3.63) is 97.2 Å². The van der Waals surface area contributed by atoms with Crippen molar-refractivity contribution in [2.45, 2.75) is 30.7 Å². The number of nitrogens with zero attached hydrogens (tertiary/aromatic N) is 3. The fourth-order valence-corrected chi connectivity index (χ4v) is 4.55. The second-order valence-corrected chi connectivity index (χ2v) is 8.41. The van der Waals surface area contributed by atoms with Crippen molar-refractivity contribution < 1.29 is 14.5 Å². The van der Waals surface area contributed by atoms with Crippen LogP contribution in [-0.4, -0.2) is 32.5 Å². The van der Waals surface area contributed by atoms with E-state index in [0.717, 1.165) is 11.1 Å². The van der Waals surface area contributed by atoms with E-state index in [1.54, 1.807) is 50.5 Å². The number of carbonyl (C=O) groups is 1. The van der Waals surface area contributed by atoms with Crippen molar-refractivity contribution >= 4 is 29.2 Å². The van der Waals surface area contributed by atoms with Crippen molar-refractivity contribution in [3.63, 3.8) is 0 Å². The smallest absolute Gasteiger partial charge is 0.336 e. The number of aromatic amines is 1. The molecule has 0 saturated carbocycles. The zero-order valence-corrected chi connectivity index (χ0v) is 19.2. The number of hydrogen-bond donors (Lipinski definition) is 2. The van der Waals surface area contributed by atoms with Crippen LogP contribution in [0.25, 0.3) is 0 Å². The summed E-state index contributed by atoms with van der Waals surface area (Å²) < 4.78 is 5.26. The zero-order valence-electron chi connectivity index (χ0n) is 18.4. The number of nitro benzene ring substituents is 1. The van der Waals surface area contributed by atoms with Crippen LogP contribution in [0.3, 0.4) is 0 Å². The van der Waals surface area contributed by atoms with Crippen LogP contribution in [0, 0.1) is 10.1 Å². The molecule has 1 aliphatic heterocycles. The Morgan fingerprint density at radius 2 is 1.91 bits per heavy atom. The average Bonchev–Trinajstić information content (AvgIpc) is 2.82. The summed E-state index contributed by atoms with van der Waals surface area (Å²) in [6.45, 7) is 3.68. The van der Waals surface area contributed by atoms with Crippen LogP contribution in [0.5, 0.6) is 0 Å². The molecule has 3 heterocycles. The number of non-ortho nitro benzene ring substituents is 1. The predicted molar refractivity (Wildman–Crippen MR) is 127 cm³/mol. The number of aromatic nitrogens is 3. The number of nitrogens with one attached hydrogen (secondary N) is 2. The number of pyridine rings is 1. The van der Waals surface area contributed by atoms with Gasteiger partial charge in [0.1, 0.15) is 5.82 Å². The Morgan fingerprint density at radius 3 is 2.56 bits per heavy atom. The Hall–Kier alpha value is -3.99. The van der Waals surface area contributed by atoms with Gasteiger partial charge in [0.15, 0.2) is 5.16 Å². The molecule has 0 spiro atoms. The van der Waals surface area contributed by atoms with E-state index in [-0.39, 0.29) is 17.9 Å². The molecule has 0 amide bonds. The third kappa shape index (κ3) is 4.69. The standard InChI is InChI=1S/C23H21N5O5S/c1-3-33-22(30)17-13(2)25-20-19(18(17)15-8-10-24-11-9-15)21(29)27-23(26-20)34-12-14-4-6-16(7-5-14)28(31)32/h4-11,18H,3,12H2,1-2H3,(H2,25,26,27,29). The van der Waals surface area contributed by atoms with Gasteiger partial charge in [-0.3, -0.25) is 19.9 Å². The van der Waals surface area contributed by atoms with E-state index in [0.29, 0.717) is 33.6 Å². The molecule has 0 bridgehead atoms. The molecule has 34 heavy (non-hydrogen) atoms. The Bertz CT molecular complexity index is 1320. The number of thioether (sulfide) groups is 1. The van der Waals surface area contributed by atoms with Crippen molar-refractivity contribution in [3.8, 4) is 0 Å². The number of hydrogen-bond acceptors (Lipinski definition) is 9. The lowest BCUT2D eigenvalue weighted by atomic mass is 9.83. The fraction of sp³-hybridized carbons (Fsp3) is 0.217. The van der Waals surface area contributed by atoms with Crippen LogP contribution >= 0.6 is 11.8 Å². The summed E-state index contributed by atoms with van der Waals surface area (Å²) in [6.07, 6.45) is 3.20. The SMILES string of the molecule is CCOC(=O)C1=C(C)Nc2nc(SCc3ccc([N+](=O)[O-])cc3)[nH]c(=O)c2C1c1ccncc1. The molecule has 1 atom stereocenters. The van der Waals surface area contributed by atoms with Gasteiger partial charge in [0.2, 0.25) is 0 Å². The number of ether oxygens (including phenoxy) is 1. The summed E-state index contributed by atoms with van der Waals surface area (Å²) in [5, 5.41) is 14.3. The van der Waals surface area contributed by atoms with Gasteiger partial charge in [-0.05, 0) is 37.1 Å². The number of esters is 1. The number of anilines is 1. The summed E-state index contributed by atoms with van der Waals surface area (Å²) in [6, 6.07) is 9.71. The van der Waals surface area contributed by atoms with Crippen molar-refractivity contribution in [1.29, 1.82) is 0 Å². The minimum atomic E-state index is -0.664. The minimum Gasteiger partial charge on any atom is -0.463 e. The maximum absolute atomic E-state index is 13.2. The molecule has 174 valence electrons. The lowest BCUT2D eigenvalue weighted by Crippen LogP contribution is -2.31. The van der Waals surface area contributed by atoms with Crippen LogP contribution in [0.1, 0.15) is 36.5 Å². The predicted octanol–water partition coefficient (Wildman–Crippen LogP) is 3.76. The molecular weight excluding hydrogens is 458 g/mol. The highest BCUT2D eigenvalue weighted by Gasteiger charge is 2.36. The van der Waals surface area contributed by atoms with Gasteiger partial charge in [0, 0.05) is 36.0 Å². The lowest BCUT2D eigenvalue weighted by molar-refractivity contribution is -0.384. The van der Waals surface area contributed by atoms with E-state index in [9.17, 15) is 19.7 Å². The van der Waals surface area contributed by atoms with Gasteiger partial charge in [0.05, 0.1) is 28.6 Å². The highest BCUT2D eigenvalue weighted by molar-refractivity contribution is 7.98. The number of rotatable bonds is 7. The van der Waals surface area contributed by atoms with Crippen molar-refractivity contribution in [2.75, 3.05) is 11.9 Å². The molecule has 2 N–H and O–H groups in total. The maximum Gasteiger partial charge on any atom is 0.336 e. The van der Waals surface area contributed by atoms with E-state index >= 15 is 0 Å². The van der Waals surface area contributed by atoms with Crippen molar-refractivity contribution in [1.82, 2.24) is 15.0 Å². The highest BCUT2D eigenvalue weighted by atomic mass is 32.2. The van der Waals surface area contributed by atoms with Gasteiger partial charge in [-0.15, -0.1) is 0 Å². The normalized spacial score (nSPS) is 14.8. The van der Waals surface area contributed by atoms with Crippen LogP contribution in [0.2, 0.25) is 0 Å². The first-order valence-corrected chi connectivity index (χ1v) is 11.4. The number of H-pyrrole nitrogens is 1. The summed E-state index contributed by atoms with van der Waals surface area (Å²) in [5.74, 6) is -0.349. The topological polar surface area (TPSA) is 140 Å². The third-order valence-electron chi connectivity index (χ3n) is 5.28. The monoisotopic (exact) mass is 479 g/mol. The number of allylic oxidation sites excluding steroid dienone is 1. The molecule has 11 heteroatoms. The van der Waals surface area contributed by atoms with E-state index < -0.39 is 16.8 Å². The average molecular weight is 480 g/mol. The molecule has 0 radical (unpaired) electrons. The van der Waals surface area contributed by atoms with E-state index in [2.05, 4.69) is 20.3 Å². The quantitative estimate of drug-likeness (QED) is 0.170.